The van der Waals surface area contributed by atoms with E-state index in [0.29, 0.717) is 12.5 Å². The Morgan fingerprint density at radius 1 is 1.41 bits per heavy atom. The van der Waals surface area contributed by atoms with E-state index in [9.17, 15) is 4.79 Å². The van der Waals surface area contributed by atoms with Crippen molar-refractivity contribution >= 4 is 5.78 Å². The summed E-state index contributed by atoms with van der Waals surface area (Å²) in [5.41, 5.74) is 1.18. The first kappa shape index (κ1) is 12.0. The first-order chi connectivity index (χ1) is 8.17. The molecule has 1 fully saturated rings. The third kappa shape index (κ3) is 2.43. The highest BCUT2D eigenvalue weighted by Crippen LogP contribution is 2.49. The van der Waals surface area contributed by atoms with Gasteiger partial charge in [0.1, 0.15) is 5.78 Å². The lowest BCUT2D eigenvalue weighted by atomic mass is 10.1. The molecule has 17 heavy (non-hydrogen) atoms. The molecule has 1 aromatic carbocycles. The van der Waals surface area contributed by atoms with E-state index in [0.717, 1.165) is 17.9 Å². The molecule has 92 valence electrons. The number of benzene rings is 1. The van der Waals surface area contributed by atoms with E-state index in [1.54, 1.807) is 14.0 Å². The fourth-order valence-electron chi connectivity index (χ4n) is 2.20. The van der Waals surface area contributed by atoms with Crippen molar-refractivity contribution in [3.8, 4) is 11.5 Å². The molecular formula is C14H18O3. The fraction of sp³-hybridized carbons (Fsp3) is 0.500. The van der Waals surface area contributed by atoms with Crippen LogP contribution in [0, 0.1) is 5.92 Å². The highest BCUT2D eigenvalue weighted by atomic mass is 16.5. The molecule has 1 aromatic rings. The van der Waals surface area contributed by atoms with Gasteiger partial charge >= 0.3 is 0 Å². The van der Waals surface area contributed by atoms with Crippen molar-refractivity contribution in [1.29, 1.82) is 0 Å². The smallest absolute Gasteiger partial charge is 0.161 e. The molecule has 2 unspecified atom stereocenters. The normalized spacial score (nSPS) is 22.1. The lowest BCUT2D eigenvalue weighted by Gasteiger charge is -2.10. The van der Waals surface area contributed by atoms with Crippen molar-refractivity contribution in [2.45, 2.75) is 26.2 Å². The van der Waals surface area contributed by atoms with Crippen LogP contribution in [0.4, 0.5) is 0 Å². The minimum Gasteiger partial charge on any atom is -0.493 e. The number of Topliss-reactive ketones (excluding diaryl/α,β-unsaturated/α-hetero) is 1. The molecule has 2 rings (SSSR count). The van der Waals surface area contributed by atoms with E-state index in [4.69, 9.17) is 9.47 Å². The molecule has 0 spiro atoms. The van der Waals surface area contributed by atoms with E-state index < -0.39 is 0 Å². The van der Waals surface area contributed by atoms with Gasteiger partial charge in [-0.3, -0.25) is 4.79 Å². The van der Waals surface area contributed by atoms with Gasteiger partial charge < -0.3 is 9.47 Å². The maximum Gasteiger partial charge on any atom is 0.161 e. The van der Waals surface area contributed by atoms with Crippen molar-refractivity contribution in [2.24, 2.45) is 5.92 Å². The lowest BCUT2D eigenvalue weighted by Crippen LogP contribution is -1.98. The van der Waals surface area contributed by atoms with Crippen molar-refractivity contribution in [2.75, 3.05) is 13.7 Å². The van der Waals surface area contributed by atoms with Crippen molar-refractivity contribution in [3.05, 3.63) is 23.8 Å². The average Bonchev–Trinajstić information content (AvgIpc) is 3.09. The van der Waals surface area contributed by atoms with Crippen molar-refractivity contribution in [1.82, 2.24) is 0 Å². The average molecular weight is 234 g/mol. The fourth-order valence-corrected chi connectivity index (χ4v) is 2.20. The Morgan fingerprint density at radius 2 is 2.18 bits per heavy atom. The molecular weight excluding hydrogens is 216 g/mol. The topological polar surface area (TPSA) is 35.5 Å². The molecule has 0 aliphatic heterocycles. The monoisotopic (exact) mass is 234 g/mol. The summed E-state index contributed by atoms with van der Waals surface area (Å²) in [7, 11) is 1.63. The number of hydrogen-bond donors (Lipinski definition) is 0. The van der Waals surface area contributed by atoms with Crippen LogP contribution >= 0.6 is 0 Å². The minimum atomic E-state index is 0.206. The molecule has 1 aliphatic carbocycles. The van der Waals surface area contributed by atoms with Crippen LogP contribution in [0.25, 0.3) is 0 Å². The predicted molar refractivity (Wildman–Crippen MR) is 65.7 cm³/mol. The molecule has 1 aliphatic rings. The van der Waals surface area contributed by atoms with Gasteiger partial charge in [0.2, 0.25) is 0 Å². The van der Waals surface area contributed by atoms with E-state index in [2.05, 4.69) is 0 Å². The highest BCUT2D eigenvalue weighted by Gasteiger charge is 2.41. The summed E-state index contributed by atoms with van der Waals surface area (Å²) in [6.45, 7) is 4.22. The third-order valence-electron chi connectivity index (χ3n) is 3.23. The molecule has 0 aromatic heterocycles. The molecule has 0 radical (unpaired) electrons. The molecule has 0 bridgehead atoms. The molecule has 0 N–H and O–H groups in total. The second-order valence-corrected chi connectivity index (χ2v) is 4.40. The number of hydrogen-bond acceptors (Lipinski definition) is 3. The third-order valence-corrected chi connectivity index (χ3v) is 3.23. The van der Waals surface area contributed by atoms with Gasteiger partial charge in [0.05, 0.1) is 13.7 Å². The maximum atomic E-state index is 11.3. The van der Waals surface area contributed by atoms with Gasteiger partial charge in [-0.2, -0.15) is 0 Å². The number of ether oxygens (including phenoxy) is 2. The van der Waals surface area contributed by atoms with Crippen LogP contribution < -0.4 is 9.47 Å². The largest absolute Gasteiger partial charge is 0.493 e. The summed E-state index contributed by atoms with van der Waals surface area (Å²) >= 11 is 0. The Hall–Kier alpha value is -1.51. The van der Waals surface area contributed by atoms with Crippen LogP contribution in [0.3, 0.4) is 0 Å². The quantitative estimate of drug-likeness (QED) is 0.785. The standard InChI is InChI=1S/C14H18O3/c1-4-17-14-7-10(5-6-13(14)16-3)12-8-11(12)9(2)15/h5-7,11-12H,4,8H2,1-3H3. The first-order valence-electron chi connectivity index (χ1n) is 5.98. The highest BCUT2D eigenvalue weighted by molar-refractivity contribution is 5.82. The maximum absolute atomic E-state index is 11.3. The zero-order chi connectivity index (χ0) is 12.4. The van der Waals surface area contributed by atoms with Crippen LogP contribution in [0.1, 0.15) is 31.7 Å². The summed E-state index contributed by atoms with van der Waals surface area (Å²) < 4.78 is 10.8. The Bertz CT molecular complexity index is 425. The van der Waals surface area contributed by atoms with Crippen molar-refractivity contribution in [3.63, 3.8) is 0 Å². The summed E-state index contributed by atoms with van der Waals surface area (Å²) in [5, 5.41) is 0. The summed E-state index contributed by atoms with van der Waals surface area (Å²) in [6.07, 6.45) is 0.966. The number of rotatable bonds is 5. The van der Waals surface area contributed by atoms with Crippen LogP contribution in [0.2, 0.25) is 0 Å². The Kier molecular flexibility index (Phi) is 3.36. The first-order valence-corrected chi connectivity index (χ1v) is 5.98. The zero-order valence-electron chi connectivity index (χ0n) is 10.5. The van der Waals surface area contributed by atoms with Crippen LogP contribution in [0.5, 0.6) is 11.5 Å². The number of carbonyl (C=O) groups excluding carboxylic acids is 1. The van der Waals surface area contributed by atoms with E-state index in [1.165, 1.54) is 5.56 Å². The molecule has 0 saturated heterocycles. The minimum absolute atomic E-state index is 0.206. The zero-order valence-corrected chi connectivity index (χ0v) is 10.5. The van der Waals surface area contributed by atoms with Gasteiger partial charge in [-0.25, -0.2) is 0 Å². The number of ketones is 1. The van der Waals surface area contributed by atoms with Gasteiger partial charge in [0.25, 0.3) is 0 Å². The SMILES string of the molecule is CCOc1cc(C2CC2C(C)=O)ccc1OC. The second-order valence-electron chi connectivity index (χ2n) is 4.40. The molecule has 0 amide bonds. The number of carbonyl (C=O) groups is 1. The Balaban J connectivity index is 2.20. The van der Waals surface area contributed by atoms with E-state index >= 15 is 0 Å². The molecule has 1 saturated carbocycles. The van der Waals surface area contributed by atoms with Gasteiger partial charge in [-0.15, -0.1) is 0 Å². The summed E-state index contributed by atoms with van der Waals surface area (Å²) in [6, 6.07) is 5.93. The molecule has 2 atom stereocenters. The molecule has 3 heteroatoms. The Labute approximate surface area is 102 Å². The predicted octanol–water partition coefficient (Wildman–Crippen LogP) is 2.79. The van der Waals surface area contributed by atoms with Gasteiger partial charge in [0.15, 0.2) is 11.5 Å². The van der Waals surface area contributed by atoms with E-state index in [-0.39, 0.29) is 11.7 Å². The van der Waals surface area contributed by atoms with Gasteiger partial charge in [0, 0.05) is 5.92 Å². The summed E-state index contributed by atoms with van der Waals surface area (Å²) in [4.78, 5) is 11.3. The second kappa shape index (κ2) is 4.78. The molecule has 3 nitrogen and oxygen atoms in total. The summed E-state index contributed by atoms with van der Waals surface area (Å²) in [5.74, 6) is 2.37. The molecule has 0 heterocycles. The van der Waals surface area contributed by atoms with Gasteiger partial charge in [-0.1, -0.05) is 6.07 Å². The van der Waals surface area contributed by atoms with Crippen LogP contribution in [-0.2, 0) is 4.79 Å². The number of methoxy groups -OCH3 is 1. The van der Waals surface area contributed by atoms with Crippen molar-refractivity contribution < 1.29 is 14.3 Å². The van der Waals surface area contributed by atoms with Crippen LogP contribution in [0.15, 0.2) is 18.2 Å². The van der Waals surface area contributed by atoms with Gasteiger partial charge in [-0.05, 0) is 43.9 Å². The van der Waals surface area contributed by atoms with E-state index in [1.807, 2.05) is 25.1 Å². The Morgan fingerprint density at radius 3 is 2.71 bits per heavy atom. The lowest BCUT2D eigenvalue weighted by molar-refractivity contribution is -0.118. The van der Waals surface area contributed by atoms with Crippen LogP contribution in [-0.4, -0.2) is 19.5 Å².